The number of carbonyl (C=O) groups is 2. The van der Waals surface area contributed by atoms with Crippen LogP contribution in [0.5, 0.6) is 0 Å². The molecule has 250 valence electrons. The summed E-state index contributed by atoms with van der Waals surface area (Å²) >= 11 is 0. The molecule has 1 atom stereocenters. The molecule has 0 radical (unpaired) electrons. The molecule has 0 aromatic heterocycles. The Morgan fingerprint density at radius 2 is 0.905 bits per heavy atom. The number of rotatable bonds is 32. The van der Waals surface area contributed by atoms with Gasteiger partial charge in [0.2, 0.25) is 0 Å². The van der Waals surface area contributed by atoms with Gasteiger partial charge in [-0.25, -0.2) is 4.57 Å². The largest absolute Gasteiger partial charge is 0.469 e. The Morgan fingerprint density at radius 3 is 1.21 bits per heavy atom. The molecule has 0 aliphatic carbocycles. The number of hydrogen-bond donors (Lipinski definition) is 2. The van der Waals surface area contributed by atoms with Crippen molar-refractivity contribution in [1.29, 1.82) is 0 Å². The van der Waals surface area contributed by atoms with E-state index in [2.05, 4.69) is 11.4 Å². The van der Waals surface area contributed by atoms with Crippen molar-refractivity contribution in [3.8, 4) is 0 Å². The smallest absolute Gasteiger partial charge is 0.462 e. The van der Waals surface area contributed by atoms with Crippen molar-refractivity contribution in [2.75, 3.05) is 13.2 Å². The average Bonchev–Trinajstić information content (AvgIpc) is 2.93. The Kier molecular flexibility index (Phi) is 29.4. The molecule has 0 bridgehead atoms. The van der Waals surface area contributed by atoms with Crippen LogP contribution in [0.4, 0.5) is 0 Å². The molecule has 8 nitrogen and oxygen atoms in total. The summed E-state index contributed by atoms with van der Waals surface area (Å²) in [5.41, 5.74) is 0. The third kappa shape index (κ3) is 33.6. The van der Waals surface area contributed by atoms with Gasteiger partial charge in [-0.3, -0.25) is 14.1 Å². The zero-order valence-electron chi connectivity index (χ0n) is 27.2. The minimum Gasteiger partial charge on any atom is -0.462 e. The van der Waals surface area contributed by atoms with Crippen LogP contribution < -0.4 is 0 Å². The van der Waals surface area contributed by atoms with Crippen molar-refractivity contribution in [2.45, 2.75) is 187 Å². The lowest BCUT2D eigenvalue weighted by Gasteiger charge is -2.17. The molecule has 9 heteroatoms. The summed E-state index contributed by atoms with van der Waals surface area (Å²) in [5, 5.41) is 0. The Morgan fingerprint density at radius 1 is 0.571 bits per heavy atom. The van der Waals surface area contributed by atoms with Crippen LogP contribution >= 0.6 is 7.82 Å². The van der Waals surface area contributed by atoms with E-state index in [-0.39, 0.29) is 13.0 Å². The molecule has 0 rings (SSSR count). The van der Waals surface area contributed by atoms with Crippen molar-refractivity contribution in [1.82, 2.24) is 0 Å². The predicted octanol–water partition coefficient (Wildman–Crippen LogP) is 9.73. The van der Waals surface area contributed by atoms with Gasteiger partial charge in [-0.2, -0.15) is 0 Å². The fourth-order valence-electron chi connectivity index (χ4n) is 5.20. The van der Waals surface area contributed by atoms with Gasteiger partial charge in [0, 0.05) is 13.3 Å². The second-order valence-corrected chi connectivity index (χ2v) is 13.2. The van der Waals surface area contributed by atoms with E-state index in [0.717, 1.165) is 26.2 Å². The Labute approximate surface area is 257 Å². The van der Waals surface area contributed by atoms with Gasteiger partial charge in [0.05, 0.1) is 6.61 Å². The Hall–Kier alpha value is -0.950. The average molecular weight is 621 g/mol. The predicted molar refractivity (Wildman–Crippen MR) is 170 cm³/mol. The van der Waals surface area contributed by atoms with Crippen molar-refractivity contribution < 1.29 is 37.9 Å². The molecule has 0 spiro atoms. The number of phosphoric ester groups is 1. The number of carbonyl (C=O) groups excluding carboxylic acids is 2. The van der Waals surface area contributed by atoms with Crippen molar-refractivity contribution in [2.24, 2.45) is 0 Å². The van der Waals surface area contributed by atoms with Crippen LogP contribution in [0.25, 0.3) is 0 Å². The first-order valence-electron chi connectivity index (χ1n) is 17.3. The summed E-state index contributed by atoms with van der Waals surface area (Å²) < 4.78 is 25.1. The minimum atomic E-state index is -4.70. The van der Waals surface area contributed by atoms with Crippen LogP contribution in [-0.2, 0) is 28.2 Å². The highest BCUT2D eigenvalue weighted by Crippen LogP contribution is 2.35. The fourth-order valence-corrected chi connectivity index (χ4v) is 5.56. The molecule has 0 amide bonds. The molecule has 0 unspecified atom stereocenters. The summed E-state index contributed by atoms with van der Waals surface area (Å²) in [4.78, 5) is 40.6. The third-order valence-electron chi connectivity index (χ3n) is 7.68. The van der Waals surface area contributed by atoms with E-state index < -0.39 is 32.5 Å². The number of unbranched alkanes of at least 4 members (excludes halogenated alkanes) is 24. The standard InChI is InChI=1S/C33H65O8P/c1-3-4-5-6-7-8-9-10-11-12-13-14-15-16-17-18-19-20-21-22-23-24-25-26-27-28-33(35)39-29-32(41-31(2)34)30-40-42(36,37)38/h32H,3-30H2,1-2H3,(H2,36,37,38)/t32-/m1/s1. The summed E-state index contributed by atoms with van der Waals surface area (Å²) in [6.07, 6.45) is 32.5. The Bertz CT molecular complexity index is 666. The SMILES string of the molecule is CCCCCCCCCCCCCCCCCCCCCCCCCCCC(=O)OC[C@H](COP(=O)(O)O)OC(C)=O. The maximum absolute atomic E-state index is 11.9. The van der Waals surface area contributed by atoms with E-state index in [1.807, 2.05) is 0 Å². The first kappa shape index (κ1) is 41.0. The van der Waals surface area contributed by atoms with Crippen LogP contribution in [0.2, 0.25) is 0 Å². The van der Waals surface area contributed by atoms with Gasteiger partial charge < -0.3 is 19.3 Å². The van der Waals surface area contributed by atoms with E-state index in [9.17, 15) is 14.2 Å². The lowest BCUT2D eigenvalue weighted by atomic mass is 10.0. The molecule has 0 aliphatic rings. The van der Waals surface area contributed by atoms with E-state index in [4.69, 9.17) is 19.3 Å². The van der Waals surface area contributed by atoms with Crippen molar-refractivity contribution >= 4 is 19.8 Å². The summed E-state index contributed by atoms with van der Waals surface area (Å²) in [6, 6.07) is 0. The van der Waals surface area contributed by atoms with E-state index >= 15 is 0 Å². The Balaban J connectivity index is 3.37. The van der Waals surface area contributed by atoms with Gasteiger partial charge in [0.25, 0.3) is 0 Å². The first-order valence-corrected chi connectivity index (χ1v) is 18.8. The summed E-state index contributed by atoms with van der Waals surface area (Å²) in [7, 11) is -4.70. The van der Waals surface area contributed by atoms with Crippen molar-refractivity contribution in [3.05, 3.63) is 0 Å². The second kappa shape index (κ2) is 30.1. The van der Waals surface area contributed by atoms with Gasteiger partial charge in [-0.05, 0) is 6.42 Å². The number of phosphoric acid groups is 1. The molecule has 0 aromatic rings. The van der Waals surface area contributed by atoms with Gasteiger partial charge in [-0.1, -0.05) is 161 Å². The van der Waals surface area contributed by atoms with Crippen molar-refractivity contribution in [3.63, 3.8) is 0 Å². The molecule has 0 fully saturated rings. The fraction of sp³-hybridized carbons (Fsp3) is 0.939. The topological polar surface area (TPSA) is 119 Å². The molecule has 0 heterocycles. The molecule has 0 saturated heterocycles. The normalized spacial score (nSPS) is 12.4. The van der Waals surface area contributed by atoms with Crippen LogP contribution in [0.15, 0.2) is 0 Å². The van der Waals surface area contributed by atoms with Crippen LogP contribution in [0, 0.1) is 0 Å². The molecule has 0 saturated carbocycles. The molecule has 0 aromatic carbocycles. The highest BCUT2D eigenvalue weighted by molar-refractivity contribution is 7.46. The molecule has 2 N–H and O–H groups in total. The highest BCUT2D eigenvalue weighted by atomic mass is 31.2. The zero-order chi connectivity index (χ0) is 31.2. The maximum atomic E-state index is 11.9. The quantitative estimate of drug-likeness (QED) is 0.0433. The number of esters is 2. The van der Waals surface area contributed by atoms with E-state index in [1.54, 1.807) is 0 Å². The maximum Gasteiger partial charge on any atom is 0.469 e. The molecular weight excluding hydrogens is 555 g/mol. The number of hydrogen-bond acceptors (Lipinski definition) is 6. The minimum absolute atomic E-state index is 0.269. The monoisotopic (exact) mass is 620 g/mol. The summed E-state index contributed by atoms with van der Waals surface area (Å²) in [6.45, 7) is 2.60. The highest BCUT2D eigenvalue weighted by Gasteiger charge is 2.21. The molecular formula is C33H65O8P. The van der Waals surface area contributed by atoms with Gasteiger partial charge >= 0.3 is 19.8 Å². The number of ether oxygens (including phenoxy) is 2. The van der Waals surface area contributed by atoms with Crippen LogP contribution in [0.1, 0.15) is 181 Å². The lowest BCUT2D eigenvalue weighted by molar-refractivity contribution is -0.159. The van der Waals surface area contributed by atoms with E-state index in [1.165, 1.54) is 141 Å². The van der Waals surface area contributed by atoms with E-state index in [0.29, 0.717) is 0 Å². The van der Waals surface area contributed by atoms with Crippen LogP contribution in [0.3, 0.4) is 0 Å². The first-order chi connectivity index (χ1) is 20.2. The summed E-state index contributed by atoms with van der Waals surface area (Å²) in [5.74, 6) is -1.07. The molecule has 42 heavy (non-hydrogen) atoms. The van der Waals surface area contributed by atoms with Gasteiger partial charge in [0.15, 0.2) is 6.10 Å². The lowest BCUT2D eigenvalue weighted by Crippen LogP contribution is -2.28. The zero-order valence-corrected chi connectivity index (χ0v) is 28.1. The van der Waals surface area contributed by atoms with Gasteiger partial charge in [-0.15, -0.1) is 0 Å². The third-order valence-corrected chi connectivity index (χ3v) is 8.16. The molecule has 0 aliphatic heterocycles. The van der Waals surface area contributed by atoms with Crippen LogP contribution in [-0.4, -0.2) is 41.0 Å². The second-order valence-electron chi connectivity index (χ2n) is 11.9. The van der Waals surface area contributed by atoms with Gasteiger partial charge in [0.1, 0.15) is 6.61 Å².